The summed E-state index contributed by atoms with van der Waals surface area (Å²) >= 11 is 0. The van der Waals surface area contributed by atoms with Gasteiger partial charge < -0.3 is 4.90 Å². The molecule has 1 aromatic rings. The van der Waals surface area contributed by atoms with Crippen molar-refractivity contribution < 1.29 is 4.79 Å². The minimum atomic E-state index is -0.0320. The van der Waals surface area contributed by atoms with Crippen LogP contribution in [0, 0.1) is 18.3 Å². The third-order valence-corrected chi connectivity index (χ3v) is 3.72. The maximum absolute atomic E-state index is 12.4. The van der Waals surface area contributed by atoms with Gasteiger partial charge in [-0.3, -0.25) is 14.7 Å². The molecule has 0 bridgehead atoms. The molecule has 1 atom stereocenters. The van der Waals surface area contributed by atoms with Crippen LogP contribution in [0.15, 0.2) is 18.3 Å². The third kappa shape index (κ3) is 3.14. The second kappa shape index (κ2) is 6.49. The molecule has 1 fully saturated rings. The zero-order chi connectivity index (χ0) is 14.5. The summed E-state index contributed by atoms with van der Waals surface area (Å²) in [6, 6.07) is 5.86. The monoisotopic (exact) mass is 272 g/mol. The molecule has 0 aliphatic carbocycles. The summed E-state index contributed by atoms with van der Waals surface area (Å²) in [5.74, 6) is 0.0557. The first-order valence-electron chi connectivity index (χ1n) is 7.01. The standard InChI is InChI=1S/C15H20N4O/c1-3-14(11-16)18-6-8-19(9-7-18)15(20)13-4-5-17-12(2)10-13/h4-5,10,14H,3,6-9H2,1-2H3. The Bertz CT molecular complexity index is 515. The summed E-state index contributed by atoms with van der Waals surface area (Å²) in [5, 5.41) is 9.08. The predicted molar refractivity (Wildman–Crippen MR) is 76.1 cm³/mol. The van der Waals surface area contributed by atoms with E-state index < -0.39 is 0 Å². The first-order valence-corrected chi connectivity index (χ1v) is 7.01. The van der Waals surface area contributed by atoms with Crippen molar-refractivity contribution in [1.29, 1.82) is 5.26 Å². The van der Waals surface area contributed by atoms with Crippen molar-refractivity contribution in [3.8, 4) is 6.07 Å². The molecule has 5 nitrogen and oxygen atoms in total. The van der Waals surface area contributed by atoms with Gasteiger partial charge in [0.25, 0.3) is 5.91 Å². The molecule has 1 amide bonds. The van der Waals surface area contributed by atoms with Crippen LogP contribution in [-0.2, 0) is 0 Å². The van der Waals surface area contributed by atoms with Gasteiger partial charge in [0.1, 0.15) is 0 Å². The van der Waals surface area contributed by atoms with E-state index >= 15 is 0 Å². The molecule has 20 heavy (non-hydrogen) atoms. The van der Waals surface area contributed by atoms with Crippen LogP contribution < -0.4 is 0 Å². The molecular formula is C15H20N4O. The summed E-state index contributed by atoms with van der Waals surface area (Å²) in [4.78, 5) is 20.5. The van der Waals surface area contributed by atoms with Gasteiger partial charge in [0.05, 0.1) is 12.1 Å². The van der Waals surface area contributed by atoms with Gasteiger partial charge in [-0.15, -0.1) is 0 Å². The Kier molecular flexibility index (Phi) is 4.70. The van der Waals surface area contributed by atoms with Crippen molar-refractivity contribution in [2.75, 3.05) is 26.2 Å². The zero-order valence-corrected chi connectivity index (χ0v) is 12.0. The minimum absolute atomic E-state index is 0.0320. The molecule has 0 N–H and O–H groups in total. The van der Waals surface area contributed by atoms with E-state index in [1.54, 1.807) is 12.3 Å². The van der Waals surface area contributed by atoms with Crippen LogP contribution >= 0.6 is 0 Å². The van der Waals surface area contributed by atoms with Crippen molar-refractivity contribution >= 4 is 5.91 Å². The second-order valence-corrected chi connectivity index (χ2v) is 5.07. The quantitative estimate of drug-likeness (QED) is 0.835. The van der Waals surface area contributed by atoms with E-state index in [0.29, 0.717) is 18.7 Å². The number of nitriles is 1. The van der Waals surface area contributed by atoms with Crippen molar-refractivity contribution in [3.63, 3.8) is 0 Å². The van der Waals surface area contributed by atoms with E-state index in [0.717, 1.165) is 25.2 Å². The Morgan fingerprint density at radius 2 is 2.15 bits per heavy atom. The van der Waals surface area contributed by atoms with Gasteiger partial charge in [-0.1, -0.05) is 6.92 Å². The Hall–Kier alpha value is -1.93. The van der Waals surface area contributed by atoms with Crippen LogP contribution in [0.25, 0.3) is 0 Å². The van der Waals surface area contributed by atoms with Crippen molar-refractivity contribution in [2.45, 2.75) is 26.3 Å². The average Bonchev–Trinajstić information content (AvgIpc) is 2.48. The SMILES string of the molecule is CCC(C#N)N1CCN(C(=O)c2ccnc(C)c2)CC1. The molecular weight excluding hydrogens is 252 g/mol. The van der Waals surface area contributed by atoms with Crippen LogP contribution in [0.4, 0.5) is 0 Å². The lowest BCUT2D eigenvalue weighted by Gasteiger charge is -2.36. The van der Waals surface area contributed by atoms with E-state index in [-0.39, 0.29) is 11.9 Å². The van der Waals surface area contributed by atoms with Crippen molar-refractivity contribution in [3.05, 3.63) is 29.6 Å². The third-order valence-electron chi connectivity index (χ3n) is 3.72. The van der Waals surface area contributed by atoms with E-state index in [4.69, 9.17) is 5.26 Å². The van der Waals surface area contributed by atoms with Gasteiger partial charge in [0.2, 0.25) is 0 Å². The molecule has 2 rings (SSSR count). The highest BCUT2D eigenvalue weighted by molar-refractivity contribution is 5.94. The van der Waals surface area contributed by atoms with Gasteiger partial charge in [-0.2, -0.15) is 5.26 Å². The van der Waals surface area contributed by atoms with E-state index in [1.165, 1.54) is 0 Å². The number of hydrogen-bond donors (Lipinski definition) is 0. The average molecular weight is 272 g/mol. The Morgan fingerprint density at radius 1 is 1.45 bits per heavy atom. The Morgan fingerprint density at radius 3 is 2.70 bits per heavy atom. The van der Waals surface area contributed by atoms with E-state index in [2.05, 4.69) is 16.0 Å². The number of pyridine rings is 1. The number of aryl methyl sites for hydroxylation is 1. The van der Waals surface area contributed by atoms with Crippen LogP contribution in [0.2, 0.25) is 0 Å². The second-order valence-electron chi connectivity index (χ2n) is 5.07. The smallest absolute Gasteiger partial charge is 0.254 e. The molecule has 2 heterocycles. The first-order chi connectivity index (χ1) is 9.65. The number of nitrogens with zero attached hydrogens (tertiary/aromatic N) is 4. The summed E-state index contributed by atoms with van der Waals surface area (Å²) in [6.07, 6.45) is 2.50. The minimum Gasteiger partial charge on any atom is -0.336 e. The molecule has 1 saturated heterocycles. The molecule has 1 aromatic heterocycles. The maximum Gasteiger partial charge on any atom is 0.254 e. The highest BCUT2D eigenvalue weighted by atomic mass is 16.2. The lowest BCUT2D eigenvalue weighted by Crippen LogP contribution is -2.51. The van der Waals surface area contributed by atoms with Gasteiger partial charge in [-0.05, 0) is 25.5 Å². The lowest BCUT2D eigenvalue weighted by atomic mass is 10.1. The largest absolute Gasteiger partial charge is 0.336 e. The van der Waals surface area contributed by atoms with Crippen molar-refractivity contribution in [1.82, 2.24) is 14.8 Å². The molecule has 1 aliphatic heterocycles. The first kappa shape index (κ1) is 14.5. The molecule has 106 valence electrons. The van der Waals surface area contributed by atoms with E-state index in [9.17, 15) is 4.79 Å². The fourth-order valence-electron chi connectivity index (χ4n) is 2.53. The highest BCUT2D eigenvalue weighted by Gasteiger charge is 2.25. The van der Waals surface area contributed by atoms with Crippen molar-refractivity contribution in [2.24, 2.45) is 0 Å². The van der Waals surface area contributed by atoms with Gasteiger partial charge in [-0.25, -0.2) is 0 Å². The molecule has 1 aliphatic rings. The zero-order valence-electron chi connectivity index (χ0n) is 12.0. The van der Waals surface area contributed by atoms with Crippen LogP contribution in [0.3, 0.4) is 0 Å². The van der Waals surface area contributed by atoms with Gasteiger partial charge in [0.15, 0.2) is 0 Å². The fourth-order valence-corrected chi connectivity index (χ4v) is 2.53. The number of amides is 1. The van der Waals surface area contributed by atoms with Crippen LogP contribution in [0.5, 0.6) is 0 Å². The maximum atomic E-state index is 12.4. The van der Waals surface area contributed by atoms with Crippen LogP contribution in [0.1, 0.15) is 29.4 Å². The number of piperazine rings is 1. The van der Waals surface area contributed by atoms with E-state index in [1.807, 2.05) is 24.8 Å². The Labute approximate surface area is 119 Å². The number of carbonyl (C=O) groups is 1. The normalized spacial score (nSPS) is 17.6. The Balaban J connectivity index is 1.97. The molecule has 0 radical (unpaired) electrons. The van der Waals surface area contributed by atoms with Gasteiger partial charge >= 0.3 is 0 Å². The number of hydrogen-bond acceptors (Lipinski definition) is 4. The molecule has 5 heteroatoms. The summed E-state index contributed by atoms with van der Waals surface area (Å²) < 4.78 is 0. The van der Waals surface area contributed by atoms with Crippen LogP contribution in [-0.4, -0.2) is 52.9 Å². The molecule has 0 spiro atoms. The van der Waals surface area contributed by atoms with Gasteiger partial charge in [0, 0.05) is 43.6 Å². The summed E-state index contributed by atoms with van der Waals surface area (Å²) in [6.45, 7) is 6.79. The highest BCUT2D eigenvalue weighted by Crippen LogP contribution is 2.12. The number of aromatic nitrogens is 1. The number of rotatable bonds is 3. The lowest BCUT2D eigenvalue weighted by molar-refractivity contribution is 0.0604. The molecule has 0 aromatic carbocycles. The molecule has 0 saturated carbocycles. The summed E-state index contributed by atoms with van der Waals surface area (Å²) in [7, 11) is 0. The summed E-state index contributed by atoms with van der Waals surface area (Å²) in [5.41, 5.74) is 1.54. The number of carbonyl (C=O) groups excluding carboxylic acids is 1. The fraction of sp³-hybridized carbons (Fsp3) is 0.533. The molecule has 1 unspecified atom stereocenters. The topological polar surface area (TPSA) is 60.2 Å². The predicted octanol–water partition coefficient (Wildman–Crippen LogP) is 1.45.